The number of carbonyl (C=O) groups excluding carboxylic acids is 1. The molecule has 0 aromatic heterocycles. The van der Waals surface area contributed by atoms with Gasteiger partial charge in [0.15, 0.2) is 0 Å². The number of rotatable bonds is 1. The van der Waals surface area contributed by atoms with E-state index in [-0.39, 0.29) is 17.5 Å². The lowest BCUT2D eigenvalue weighted by molar-refractivity contribution is 0.0693. The zero-order valence-corrected chi connectivity index (χ0v) is 11.8. The maximum atomic E-state index is 13.7. The van der Waals surface area contributed by atoms with Gasteiger partial charge in [0, 0.05) is 23.6 Å². The molecule has 98 valence electrons. The molecular weight excluding hydrogens is 249 g/mol. The molecular formula is C14H18FNOS. The monoisotopic (exact) mass is 267 g/mol. The first-order chi connectivity index (χ1) is 8.50. The summed E-state index contributed by atoms with van der Waals surface area (Å²) in [5.74, 6) is 0.310. The van der Waals surface area contributed by atoms with Crippen molar-refractivity contribution in [3.05, 3.63) is 35.1 Å². The van der Waals surface area contributed by atoms with E-state index in [2.05, 4.69) is 6.92 Å². The number of hydrogen-bond donors (Lipinski definition) is 0. The summed E-state index contributed by atoms with van der Waals surface area (Å²) in [4.78, 5) is 14.2. The van der Waals surface area contributed by atoms with Crippen LogP contribution in [0.15, 0.2) is 18.2 Å². The molecule has 0 aliphatic carbocycles. The Bertz CT molecular complexity index is 463. The smallest absolute Gasteiger partial charge is 0.257 e. The summed E-state index contributed by atoms with van der Waals surface area (Å²) in [5.41, 5.74) is 1.10. The lowest BCUT2D eigenvalue weighted by Gasteiger charge is -2.37. The highest BCUT2D eigenvalue weighted by Gasteiger charge is 2.30. The zero-order chi connectivity index (χ0) is 13.3. The number of nitrogens with zero attached hydrogens (tertiary/aromatic N) is 1. The molecule has 1 heterocycles. The largest absolute Gasteiger partial charge is 0.334 e. The molecule has 1 fully saturated rings. The Balaban J connectivity index is 2.27. The summed E-state index contributed by atoms with van der Waals surface area (Å²) < 4.78 is 13.7. The topological polar surface area (TPSA) is 20.3 Å². The minimum absolute atomic E-state index is 0.149. The molecule has 1 aromatic carbocycles. The van der Waals surface area contributed by atoms with Crippen molar-refractivity contribution in [1.82, 2.24) is 4.90 Å². The molecule has 0 bridgehead atoms. The van der Waals surface area contributed by atoms with Crippen LogP contribution < -0.4 is 0 Å². The molecule has 1 aromatic rings. The van der Waals surface area contributed by atoms with Gasteiger partial charge in [-0.3, -0.25) is 4.79 Å². The molecule has 2 unspecified atom stereocenters. The van der Waals surface area contributed by atoms with Crippen LogP contribution in [-0.2, 0) is 0 Å². The standard InChI is InChI=1S/C14H18FNOS/c1-9-4-5-13(15)12(8-9)14(17)16-6-7-18-11(3)10(16)2/h4-5,8,10-11H,6-7H2,1-3H3. The van der Waals surface area contributed by atoms with Gasteiger partial charge < -0.3 is 4.90 Å². The van der Waals surface area contributed by atoms with Gasteiger partial charge in [-0.1, -0.05) is 18.6 Å². The first-order valence-corrected chi connectivity index (χ1v) is 7.24. The van der Waals surface area contributed by atoms with Gasteiger partial charge in [-0.15, -0.1) is 0 Å². The minimum atomic E-state index is -0.427. The Kier molecular flexibility index (Phi) is 3.95. The molecule has 0 radical (unpaired) electrons. The van der Waals surface area contributed by atoms with E-state index >= 15 is 0 Å². The highest BCUT2D eigenvalue weighted by molar-refractivity contribution is 8.00. The lowest BCUT2D eigenvalue weighted by atomic mass is 10.1. The van der Waals surface area contributed by atoms with Crippen molar-refractivity contribution in [1.29, 1.82) is 0 Å². The van der Waals surface area contributed by atoms with Gasteiger partial charge in [-0.05, 0) is 26.0 Å². The van der Waals surface area contributed by atoms with Crippen molar-refractivity contribution in [2.45, 2.75) is 32.1 Å². The Hall–Kier alpha value is -1.03. The highest BCUT2D eigenvalue weighted by Crippen LogP contribution is 2.26. The van der Waals surface area contributed by atoms with Crippen molar-refractivity contribution >= 4 is 17.7 Å². The van der Waals surface area contributed by atoms with Crippen LogP contribution in [0.2, 0.25) is 0 Å². The van der Waals surface area contributed by atoms with Gasteiger partial charge in [0.2, 0.25) is 0 Å². The van der Waals surface area contributed by atoms with Gasteiger partial charge in [-0.25, -0.2) is 4.39 Å². The number of amides is 1. The maximum Gasteiger partial charge on any atom is 0.257 e. The zero-order valence-electron chi connectivity index (χ0n) is 10.9. The number of aryl methyl sites for hydroxylation is 1. The summed E-state index contributed by atoms with van der Waals surface area (Å²) in [5, 5.41) is 0.399. The first-order valence-electron chi connectivity index (χ1n) is 6.19. The molecule has 18 heavy (non-hydrogen) atoms. The van der Waals surface area contributed by atoms with Crippen LogP contribution in [-0.4, -0.2) is 34.4 Å². The van der Waals surface area contributed by atoms with E-state index in [1.165, 1.54) is 6.07 Å². The average molecular weight is 267 g/mol. The molecule has 1 aliphatic heterocycles. The highest BCUT2D eigenvalue weighted by atomic mass is 32.2. The minimum Gasteiger partial charge on any atom is -0.334 e. The van der Waals surface area contributed by atoms with E-state index in [1.807, 2.05) is 25.6 Å². The molecule has 1 aliphatic rings. The third-order valence-electron chi connectivity index (χ3n) is 3.50. The van der Waals surface area contributed by atoms with Crippen molar-refractivity contribution in [3.63, 3.8) is 0 Å². The van der Waals surface area contributed by atoms with E-state index in [0.717, 1.165) is 11.3 Å². The second kappa shape index (κ2) is 5.31. The van der Waals surface area contributed by atoms with Gasteiger partial charge in [0.05, 0.1) is 5.56 Å². The van der Waals surface area contributed by atoms with Crippen molar-refractivity contribution in [3.8, 4) is 0 Å². The lowest BCUT2D eigenvalue weighted by Crippen LogP contribution is -2.48. The van der Waals surface area contributed by atoms with Crippen molar-refractivity contribution in [2.75, 3.05) is 12.3 Å². The summed E-state index contributed by atoms with van der Waals surface area (Å²) in [7, 11) is 0. The van der Waals surface area contributed by atoms with E-state index in [9.17, 15) is 9.18 Å². The molecule has 0 spiro atoms. The van der Waals surface area contributed by atoms with E-state index < -0.39 is 5.82 Å². The Morgan fingerprint density at radius 2 is 2.17 bits per heavy atom. The molecule has 0 N–H and O–H groups in total. The first kappa shape index (κ1) is 13.4. The number of benzene rings is 1. The predicted octanol–water partition coefficient (Wildman–Crippen LogP) is 3.10. The summed E-state index contributed by atoms with van der Waals surface area (Å²) >= 11 is 1.86. The van der Waals surface area contributed by atoms with Crippen molar-refractivity contribution in [2.24, 2.45) is 0 Å². The van der Waals surface area contributed by atoms with Crippen LogP contribution in [0.5, 0.6) is 0 Å². The van der Waals surface area contributed by atoms with Crippen LogP contribution in [0.1, 0.15) is 29.8 Å². The summed E-state index contributed by atoms with van der Waals surface area (Å²) in [6.07, 6.45) is 0. The fourth-order valence-electron chi connectivity index (χ4n) is 2.18. The Labute approximate surface area is 112 Å². The number of thioether (sulfide) groups is 1. The second-order valence-corrected chi connectivity index (χ2v) is 6.28. The van der Waals surface area contributed by atoms with Crippen LogP contribution in [0.3, 0.4) is 0 Å². The quantitative estimate of drug-likeness (QED) is 0.779. The van der Waals surface area contributed by atoms with Crippen molar-refractivity contribution < 1.29 is 9.18 Å². The molecule has 1 amide bonds. The molecule has 0 saturated carbocycles. The van der Waals surface area contributed by atoms with Crippen LogP contribution >= 0.6 is 11.8 Å². The van der Waals surface area contributed by atoms with E-state index in [0.29, 0.717) is 11.8 Å². The SMILES string of the molecule is Cc1ccc(F)c(C(=O)N2CCSC(C)C2C)c1. The third-order valence-corrected chi connectivity index (χ3v) is 4.83. The Morgan fingerprint density at radius 1 is 1.44 bits per heavy atom. The Morgan fingerprint density at radius 3 is 2.89 bits per heavy atom. The third kappa shape index (κ3) is 2.53. The molecule has 2 atom stereocenters. The van der Waals surface area contributed by atoms with Gasteiger partial charge in [-0.2, -0.15) is 11.8 Å². The maximum absolute atomic E-state index is 13.7. The summed E-state index contributed by atoms with van der Waals surface area (Å²) in [6, 6.07) is 4.84. The molecule has 1 saturated heterocycles. The predicted molar refractivity (Wildman–Crippen MR) is 73.6 cm³/mol. The fraction of sp³-hybridized carbons (Fsp3) is 0.500. The molecule has 2 rings (SSSR count). The average Bonchev–Trinajstić information content (AvgIpc) is 2.35. The van der Waals surface area contributed by atoms with Crippen LogP contribution in [0.25, 0.3) is 0 Å². The fourth-order valence-corrected chi connectivity index (χ4v) is 3.28. The molecule has 2 nitrogen and oxygen atoms in total. The molecule has 4 heteroatoms. The number of hydrogen-bond acceptors (Lipinski definition) is 2. The second-order valence-electron chi connectivity index (χ2n) is 4.80. The number of carbonyl (C=O) groups is 1. The van der Waals surface area contributed by atoms with Gasteiger partial charge in [0.25, 0.3) is 5.91 Å². The van der Waals surface area contributed by atoms with Gasteiger partial charge in [0.1, 0.15) is 5.82 Å². The van der Waals surface area contributed by atoms with Gasteiger partial charge >= 0.3 is 0 Å². The van der Waals surface area contributed by atoms with Crippen LogP contribution in [0.4, 0.5) is 4.39 Å². The summed E-state index contributed by atoms with van der Waals surface area (Å²) in [6.45, 7) is 6.71. The van der Waals surface area contributed by atoms with E-state index in [1.54, 1.807) is 17.0 Å². The van der Waals surface area contributed by atoms with Crippen LogP contribution in [0, 0.1) is 12.7 Å². The number of halogens is 1. The normalized spacial score (nSPS) is 24.1. The van der Waals surface area contributed by atoms with E-state index in [4.69, 9.17) is 0 Å².